The lowest BCUT2D eigenvalue weighted by Crippen LogP contribution is -2.18. The standard InChI is InChI=1S/C5H11F2N.C2H6/c1-5(6,7)3-4-8-2;1-2/h8H,3-4H2,1-2H3;1-2H3. The number of halogens is 2. The Morgan fingerprint density at radius 3 is 1.80 bits per heavy atom. The average molecular weight is 153 g/mol. The van der Waals surface area contributed by atoms with Crippen molar-refractivity contribution in [2.45, 2.75) is 33.1 Å². The smallest absolute Gasteiger partial charge is 0.246 e. The van der Waals surface area contributed by atoms with E-state index in [2.05, 4.69) is 5.32 Å². The van der Waals surface area contributed by atoms with Gasteiger partial charge in [0, 0.05) is 13.0 Å². The van der Waals surface area contributed by atoms with Gasteiger partial charge >= 0.3 is 0 Å². The van der Waals surface area contributed by atoms with Crippen molar-refractivity contribution in [1.29, 1.82) is 0 Å². The van der Waals surface area contributed by atoms with Crippen molar-refractivity contribution >= 4 is 0 Å². The van der Waals surface area contributed by atoms with Crippen LogP contribution in [-0.4, -0.2) is 19.5 Å². The third-order valence-corrected chi connectivity index (χ3v) is 0.814. The third kappa shape index (κ3) is 15.7. The van der Waals surface area contributed by atoms with Gasteiger partial charge in [-0.2, -0.15) is 0 Å². The largest absolute Gasteiger partial charge is 0.320 e. The van der Waals surface area contributed by atoms with Gasteiger partial charge in [0.25, 0.3) is 0 Å². The van der Waals surface area contributed by atoms with Crippen LogP contribution in [0.3, 0.4) is 0 Å². The van der Waals surface area contributed by atoms with Crippen LogP contribution in [-0.2, 0) is 0 Å². The van der Waals surface area contributed by atoms with Crippen LogP contribution in [0.4, 0.5) is 8.78 Å². The van der Waals surface area contributed by atoms with E-state index in [9.17, 15) is 8.78 Å². The summed E-state index contributed by atoms with van der Waals surface area (Å²) in [7, 11) is 1.66. The zero-order chi connectivity index (χ0) is 8.62. The second kappa shape index (κ2) is 6.93. The second-order valence-corrected chi connectivity index (χ2v) is 1.92. The average Bonchev–Trinajstić information content (AvgIpc) is 1.87. The van der Waals surface area contributed by atoms with Gasteiger partial charge in [-0.1, -0.05) is 13.8 Å². The molecule has 10 heavy (non-hydrogen) atoms. The molecule has 0 saturated heterocycles. The Labute approximate surface area is 61.8 Å². The first-order valence-electron chi connectivity index (χ1n) is 3.59. The van der Waals surface area contributed by atoms with E-state index < -0.39 is 5.92 Å². The summed E-state index contributed by atoms with van der Waals surface area (Å²) < 4.78 is 23.7. The Kier molecular flexibility index (Phi) is 8.66. The molecule has 1 N–H and O–H groups in total. The first kappa shape index (κ1) is 12.5. The minimum absolute atomic E-state index is 0.0799. The minimum atomic E-state index is -2.51. The summed E-state index contributed by atoms with van der Waals surface area (Å²) in [5.74, 6) is -2.51. The first-order chi connectivity index (χ1) is 4.56. The summed E-state index contributed by atoms with van der Waals surface area (Å²) in [4.78, 5) is 0. The van der Waals surface area contributed by atoms with E-state index in [-0.39, 0.29) is 6.42 Å². The molecule has 0 aromatic carbocycles. The fourth-order valence-electron chi connectivity index (χ4n) is 0.344. The number of nitrogens with one attached hydrogen (secondary N) is 1. The van der Waals surface area contributed by atoms with Crippen LogP contribution in [0.15, 0.2) is 0 Å². The van der Waals surface area contributed by atoms with Crippen molar-refractivity contribution in [3.05, 3.63) is 0 Å². The lowest BCUT2D eigenvalue weighted by atomic mass is 10.3. The SMILES string of the molecule is CC.CNCCC(C)(F)F. The van der Waals surface area contributed by atoms with Crippen LogP contribution in [0.2, 0.25) is 0 Å². The Hall–Kier alpha value is -0.180. The molecule has 64 valence electrons. The summed E-state index contributed by atoms with van der Waals surface area (Å²) in [6.07, 6.45) is -0.0799. The molecule has 0 aliphatic carbocycles. The number of rotatable bonds is 3. The molecule has 0 fully saturated rings. The number of hydrogen-bond acceptors (Lipinski definition) is 1. The Bertz CT molecular complexity index is 59.1. The molecule has 0 aromatic heterocycles. The maximum Gasteiger partial charge on any atom is 0.246 e. The molecule has 0 radical (unpaired) electrons. The lowest BCUT2D eigenvalue weighted by Gasteiger charge is -2.07. The summed E-state index contributed by atoms with van der Waals surface area (Å²) in [6, 6.07) is 0. The van der Waals surface area contributed by atoms with Crippen LogP contribution in [0.1, 0.15) is 27.2 Å². The van der Waals surface area contributed by atoms with Crippen LogP contribution >= 0.6 is 0 Å². The molecule has 3 heteroatoms. The monoisotopic (exact) mass is 153 g/mol. The van der Waals surface area contributed by atoms with Gasteiger partial charge in [0.15, 0.2) is 0 Å². The predicted octanol–water partition coefficient (Wildman–Crippen LogP) is 2.28. The van der Waals surface area contributed by atoms with E-state index in [0.29, 0.717) is 6.54 Å². The molecular weight excluding hydrogens is 136 g/mol. The third-order valence-electron chi connectivity index (χ3n) is 0.814. The topological polar surface area (TPSA) is 12.0 Å². The molecule has 0 bridgehead atoms. The van der Waals surface area contributed by atoms with Gasteiger partial charge in [0.2, 0.25) is 5.92 Å². The molecule has 0 unspecified atom stereocenters. The fourth-order valence-corrected chi connectivity index (χ4v) is 0.344. The molecule has 0 spiro atoms. The van der Waals surface area contributed by atoms with E-state index in [1.807, 2.05) is 13.8 Å². The highest BCUT2D eigenvalue weighted by atomic mass is 19.3. The van der Waals surface area contributed by atoms with Gasteiger partial charge in [-0.05, 0) is 14.0 Å². The highest BCUT2D eigenvalue weighted by Crippen LogP contribution is 2.14. The molecule has 0 amide bonds. The lowest BCUT2D eigenvalue weighted by molar-refractivity contribution is 0.0139. The van der Waals surface area contributed by atoms with Crippen molar-refractivity contribution < 1.29 is 8.78 Å². The molecule has 0 rings (SSSR count). The van der Waals surface area contributed by atoms with Crippen molar-refractivity contribution in [3.63, 3.8) is 0 Å². The van der Waals surface area contributed by atoms with E-state index >= 15 is 0 Å². The second-order valence-electron chi connectivity index (χ2n) is 1.92. The Balaban J connectivity index is 0. The van der Waals surface area contributed by atoms with Crippen molar-refractivity contribution in [2.24, 2.45) is 0 Å². The molecule has 0 aliphatic rings. The number of alkyl halides is 2. The van der Waals surface area contributed by atoms with Gasteiger partial charge in [-0.25, -0.2) is 8.78 Å². The van der Waals surface area contributed by atoms with E-state index in [4.69, 9.17) is 0 Å². The van der Waals surface area contributed by atoms with Gasteiger partial charge in [0.05, 0.1) is 0 Å². The number of hydrogen-bond donors (Lipinski definition) is 1. The van der Waals surface area contributed by atoms with Crippen LogP contribution < -0.4 is 5.32 Å². The maximum absolute atomic E-state index is 11.9. The molecule has 0 atom stereocenters. The zero-order valence-electron chi connectivity index (χ0n) is 7.17. The van der Waals surface area contributed by atoms with Crippen molar-refractivity contribution in [3.8, 4) is 0 Å². The van der Waals surface area contributed by atoms with Crippen molar-refractivity contribution in [1.82, 2.24) is 5.32 Å². The van der Waals surface area contributed by atoms with Gasteiger partial charge in [0.1, 0.15) is 0 Å². The van der Waals surface area contributed by atoms with E-state index in [1.54, 1.807) is 7.05 Å². The Morgan fingerprint density at radius 2 is 1.70 bits per heavy atom. The quantitative estimate of drug-likeness (QED) is 0.656. The summed E-state index contributed by atoms with van der Waals surface area (Å²) in [5, 5.41) is 2.64. The molecule has 0 heterocycles. The van der Waals surface area contributed by atoms with E-state index in [1.165, 1.54) is 0 Å². The fraction of sp³-hybridized carbons (Fsp3) is 1.00. The Morgan fingerprint density at radius 1 is 1.30 bits per heavy atom. The molecular formula is C7H17F2N. The first-order valence-corrected chi connectivity index (χ1v) is 3.59. The van der Waals surface area contributed by atoms with E-state index in [0.717, 1.165) is 6.92 Å². The minimum Gasteiger partial charge on any atom is -0.320 e. The predicted molar refractivity (Wildman–Crippen MR) is 40.5 cm³/mol. The molecule has 0 aromatic rings. The summed E-state index contributed by atoms with van der Waals surface area (Å²) in [6.45, 7) is 5.30. The summed E-state index contributed by atoms with van der Waals surface area (Å²) in [5.41, 5.74) is 0. The van der Waals surface area contributed by atoms with Gasteiger partial charge in [-0.15, -0.1) is 0 Å². The maximum atomic E-state index is 11.9. The van der Waals surface area contributed by atoms with Crippen LogP contribution in [0.5, 0.6) is 0 Å². The zero-order valence-corrected chi connectivity index (χ0v) is 7.17. The molecule has 0 aliphatic heterocycles. The highest BCUT2D eigenvalue weighted by molar-refractivity contribution is 4.57. The highest BCUT2D eigenvalue weighted by Gasteiger charge is 2.18. The summed E-state index contributed by atoms with van der Waals surface area (Å²) >= 11 is 0. The van der Waals surface area contributed by atoms with Crippen LogP contribution in [0, 0.1) is 0 Å². The normalized spacial score (nSPS) is 10.2. The molecule has 0 saturated carbocycles. The van der Waals surface area contributed by atoms with Crippen molar-refractivity contribution in [2.75, 3.05) is 13.6 Å². The van der Waals surface area contributed by atoms with Gasteiger partial charge < -0.3 is 5.32 Å². The molecule has 1 nitrogen and oxygen atoms in total. The van der Waals surface area contributed by atoms with Gasteiger partial charge in [-0.3, -0.25) is 0 Å². The van der Waals surface area contributed by atoms with Crippen LogP contribution in [0.25, 0.3) is 0 Å².